The Labute approximate surface area is 191 Å². The van der Waals surface area contributed by atoms with Gasteiger partial charge in [-0.1, -0.05) is 12.1 Å². The summed E-state index contributed by atoms with van der Waals surface area (Å²) in [7, 11) is 0. The van der Waals surface area contributed by atoms with Gasteiger partial charge in [-0.25, -0.2) is 4.98 Å². The van der Waals surface area contributed by atoms with Gasteiger partial charge in [0.05, 0.1) is 29.4 Å². The molecule has 11 heteroatoms. The molecule has 0 fully saturated rings. The van der Waals surface area contributed by atoms with Crippen LogP contribution in [0.25, 0.3) is 0 Å². The molecule has 1 aliphatic rings. The number of nitrogens with zero attached hydrogens (tertiary/aromatic N) is 3. The number of fused-ring (bicyclic) bond motifs is 1. The smallest absolute Gasteiger partial charge is 0.383 e. The molecule has 3 N–H and O–H groups in total. The summed E-state index contributed by atoms with van der Waals surface area (Å²) in [6, 6.07) is 7.21. The number of hydrogen-bond donors (Lipinski definition) is 2. The number of nitrogens with two attached hydrogens (primary N) is 1. The number of amides is 1. The van der Waals surface area contributed by atoms with Crippen LogP contribution in [0.15, 0.2) is 47.6 Å². The molecule has 3 aromatic rings. The van der Waals surface area contributed by atoms with Crippen molar-refractivity contribution in [2.24, 2.45) is 0 Å². The fourth-order valence-electron chi connectivity index (χ4n) is 3.89. The number of anilines is 2. The number of Topliss-reactive ketones (excluding diaryl/α,β-unsaturated/α-hetero) is 1. The highest BCUT2D eigenvalue weighted by molar-refractivity contribution is 8.00. The van der Waals surface area contributed by atoms with Crippen molar-refractivity contribution >= 4 is 35.0 Å². The van der Waals surface area contributed by atoms with Gasteiger partial charge in [0.1, 0.15) is 11.5 Å². The van der Waals surface area contributed by atoms with Crippen molar-refractivity contribution in [1.29, 1.82) is 0 Å². The second-order valence-electron chi connectivity index (χ2n) is 7.87. The van der Waals surface area contributed by atoms with Gasteiger partial charge in [-0.05, 0) is 61.4 Å². The van der Waals surface area contributed by atoms with E-state index in [1.807, 2.05) is 6.92 Å². The predicted molar refractivity (Wildman–Crippen MR) is 118 cm³/mol. The standard InChI is InChI=1S/C22H20F3N5O2S/c1-11-7-16(20(26)27-9-11)21(32)29-17-10-28-30-12(2)8-15(19(31)18(17)30)13-3-5-14(6-4-13)33-22(23,24)25/h3-7,9-10,12,15H,8H2,1-2H3,(H2,26,27)(H,29,32)/t12-,15?/m0/s1. The quantitative estimate of drug-likeness (QED) is 0.517. The number of aromatic nitrogens is 3. The third-order valence-corrected chi connectivity index (χ3v) is 6.14. The molecule has 0 radical (unpaired) electrons. The number of carbonyl (C=O) groups is 2. The number of nitrogen functional groups attached to an aromatic ring is 1. The molecular formula is C22H20F3N5O2S. The first-order valence-electron chi connectivity index (χ1n) is 10.0. The zero-order valence-electron chi connectivity index (χ0n) is 17.7. The number of nitrogens with one attached hydrogen (secondary N) is 1. The van der Waals surface area contributed by atoms with Crippen LogP contribution in [0.1, 0.15) is 57.3 Å². The van der Waals surface area contributed by atoms with Gasteiger partial charge in [0, 0.05) is 11.1 Å². The number of carbonyl (C=O) groups excluding carboxylic acids is 2. The minimum absolute atomic E-state index is 0.0462. The first-order valence-corrected chi connectivity index (χ1v) is 10.9. The predicted octanol–water partition coefficient (Wildman–Crippen LogP) is 4.96. The zero-order valence-corrected chi connectivity index (χ0v) is 18.5. The average Bonchev–Trinajstić information content (AvgIpc) is 3.16. The lowest BCUT2D eigenvalue weighted by Crippen LogP contribution is -2.29. The van der Waals surface area contributed by atoms with Crippen LogP contribution in [0, 0.1) is 6.92 Å². The lowest BCUT2D eigenvalue weighted by atomic mass is 9.84. The summed E-state index contributed by atoms with van der Waals surface area (Å²) in [5, 5.41) is 6.96. The normalized spacial score (nSPS) is 18.2. The number of thioether (sulfide) groups is 1. The van der Waals surface area contributed by atoms with E-state index in [2.05, 4.69) is 15.4 Å². The van der Waals surface area contributed by atoms with Crippen LogP contribution in [-0.2, 0) is 0 Å². The highest BCUT2D eigenvalue weighted by Gasteiger charge is 2.36. The van der Waals surface area contributed by atoms with Gasteiger partial charge in [0.15, 0.2) is 5.78 Å². The van der Waals surface area contributed by atoms with Gasteiger partial charge in [0.25, 0.3) is 5.91 Å². The van der Waals surface area contributed by atoms with Crippen molar-refractivity contribution in [3.8, 4) is 0 Å². The summed E-state index contributed by atoms with van der Waals surface area (Å²) in [6.07, 6.45) is 3.39. The maximum atomic E-state index is 13.4. The molecule has 2 atom stereocenters. The van der Waals surface area contributed by atoms with Gasteiger partial charge >= 0.3 is 5.51 Å². The van der Waals surface area contributed by atoms with E-state index in [-0.39, 0.29) is 51.2 Å². The van der Waals surface area contributed by atoms with E-state index in [9.17, 15) is 22.8 Å². The fraction of sp³-hybridized carbons (Fsp3) is 0.273. The molecule has 7 nitrogen and oxygen atoms in total. The molecule has 4 rings (SSSR count). The Hall–Kier alpha value is -3.34. The second-order valence-corrected chi connectivity index (χ2v) is 9.01. The molecule has 0 spiro atoms. The van der Waals surface area contributed by atoms with E-state index in [0.717, 1.165) is 5.56 Å². The molecule has 33 heavy (non-hydrogen) atoms. The maximum absolute atomic E-state index is 13.4. The molecule has 0 bridgehead atoms. The Morgan fingerprint density at radius 1 is 1.24 bits per heavy atom. The Kier molecular flexibility index (Phi) is 5.91. The van der Waals surface area contributed by atoms with Gasteiger partial charge in [-0.15, -0.1) is 0 Å². The van der Waals surface area contributed by atoms with Crippen molar-refractivity contribution in [1.82, 2.24) is 14.8 Å². The monoisotopic (exact) mass is 475 g/mol. The Morgan fingerprint density at radius 3 is 2.61 bits per heavy atom. The largest absolute Gasteiger partial charge is 0.446 e. The number of aryl methyl sites for hydroxylation is 1. The van der Waals surface area contributed by atoms with Crippen LogP contribution >= 0.6 is 11.8 Å². The first-order chi connectivity index (χ1) is 15.5. The Balaban J connectivity index is 1.61. The second kappa shape index (κ2) is 8.54. The highest BCUT2D eigenvalue weighted by atomic mass is 32.2. The fourth-order valence-corrected chi connectivity index (χ4v) is 4.43. The highest BCUT2D eigenvalue weighted by Crippen LogP contribution is 2.40. The maximum Gasteiger partial charge on any atom is 0.446 e. The Bertz CT molecular complexity index is 1220. The number of ketones is 1. The van der Waals surface area contributed by atoms with Crippen LogP contribution in [0.2, 0.25) is 0 Å². The topological polar surface area (TPSA) is 103 Å². The summed E-state index contributed by atoms with van der Waals surface area (Å²) in [5.74, 6) is -1.30. The van der Waals surface area contributed by atoms with Crippen LogP contribution in [0.5, 0.6) is 0 Å². The molecule has 1 amide bonds. The molecule has 1 aromatic carbocycles. The molecule has 0 aliphatic carbocycles. The van der Waals surface area contributed by atoms with Crippen molar-refractivity contribution in [3.05, 3.63) is 65.1 Å². The Morgan fingerprint density at radius 2 is 1.94 bits per heavy atom. The summed E-state index contributed by atoms with van der Waals surface area (Å²) in [5.41, 5.74) is 3.46. The number of halogens is 3. The minimum Gasteiger partial charge on any atom is -0.383 e. The summed E-state index contributed by atoms with van der Waals surface area (Å²) >= 11 is -0.205. The van der Waals surface area contributed by atoms with E-state index in [1.165, 1.54) is 30.5 Å². The molecule has 2 aromatic heterocycles. The zero-order chi connectivity index (χ0) is 23.9. The lowest BCUT2D eigenvalue weighted by molar-refractivity contribution is -0.0328. The van der Waals surface area contributed by atoms with Crippen LogP contribution < -0.4 is 11.1 Å². The molecule has 172 valence electrons. The van der Waals surface area contributed by atoms with Crippen LogP contribution in [0.4, 0.5) is 24.7 Å². The number of hydrogen-bond acceptors (Lipinski definition) is 6. The molecule has 0 saturated carbocycles. The van der Waals surface area contributed by atoms with Crippen molar-refractivity contribution in [3.63, 3.8) is 0 Å². The number of pyridine rings is 1. The molecule has 3 heterocycles. The van der Waals surface area contributed by atoms with Gasteiger partial charge in [0.2, 0.25) is 0 Å². The van der Waals surface area contributed by atoms with E-state index in [1.54, 1.807) is 23.9 Å². The van der Waals surface area contributed by atoms with Crippen LogP contribution in [-0.4, -0.2) is 32.0 Å². The number of rotatable bonds is 4. The van der Waals surface area contributed by atoms with Gasteiger partial charge in [-0.3, -0.25) is 14.3 Å². The average molecular weight is 475 g/mol. The van der Waals surface area contributed by atoms with Crippen molar-refractivity contribution in [2.45, 2.75) is 42.6 Å². The van der Waals surface area contributed by atoms with Gasteiger partial charge in [-0.2, -0.15) is 18.3 Å². The summed E-state index contributed by atoms with van der Waals surface area (Å²) in [4.78, 5) is 30.2. The van der Waals surface area contributed by atoms with Crippen molar-refractivity contribution < 1.29 is 22.8 Å². The minimum atomic E-state index is -4.38. The van der Waals surface area contributed by atoms with E-state index in [0.29, 0.717) is 12.0 Å². The third-order valence-electron chi connectivity index (χ3n) is 5.40. The summed E-state index contributed by atoms with van der Waals surface area (Å²) in [6.45, 7) is 3.66. The lowest BCUT2D eigenvalue weighted by Gasteiger charge is -2.28. The van der Waals surface area contributed by atoms with Gasteiger partial charge < -0.3 is 11.1 Å². The van der Waals surface area contributed by atoms with Crippen LogP contribution in [0.3, 0.4) is 0 Å². The molecule has 1 unspecified atom stereocenters. The molecule has 0 saturated heterocycles. The number of alkyl halides is 3. The molecule has 1 aliphatic heterocycles. The van der Waals surface area contributed by atoms with E-state index in [4.69, 9.17) is 5.73 Å². The number of benzene rings is 1. The molecular weight excluding hydrogens is 455 g/mol. The third kappa shape index (κ3) is 4.72. The van der Waals surface area contributed by atoms with Crippen molar-refractivity contribution in [2.75, 3.05) is 11.1 Å². The van der Waals surface area contributed by atoms with E-state index < -0.39 is 17.3 Å². The SMILES string of the molecule is Cc1cnc(N)c(C(=O)Nc2cnn3c2C(=O)C(c2ccc(SC(F)(F)F)cc2)C[C@@H]3C)c1. The van der Waals surface area contributed by atoms with E-state index >= 15 is 0 Å². The first kappa shape index (κ1) is 22.8. The summed E-state index contributed by atoms with van der Waals surface area (Å²) < 4.78 is 39.4.